The van der Waals surface area contributed by atoms with Crippen molar-refractivity contribution in [3.8, 4) is 0 Å². The lowest BCUT2D eigenvalue weighted by molar-refractivity contribution is 0.198. The minimum absolute atomic E-state index is 0.0575. The van der Waals surface area contributed by atoms with Gasteiger partial charge in [-0.25, -0.2) is 0 Å². The number of hydrogen-bond donors (Lipinski definition) is 2. The zero-order chi connectivity index (χ0) is 13.4. The van der Waals surface area contributed by atoms with Crippen LogP contribution in [-0.2, 0) is 11.3 Å². The molecular formula is C11H22N4O3. The number of methoxy groups -OCH3 is 1. The third-order valence-electron chi connectivity index (χ3n) is 2.43. The van der Waals surface area contributed by atoms with Gasteiger partial charge in [0.1, 0.15) is 0 Å². The molecule has 2 N–H and O–H groups in total. The molecule has 7 heteroatoms. The van der Waals surface area contributed by atoms with Crippen LogP contribution in [0.2, 0.25) is 0 Å². The first-order chi connectivity index (χ1) is 8.69. The summed E-state index contributed by atoms with van der Waals surface area (Å²) in [6.45, 7) is 6.45. The molecular weight excluding hydrogens is 236 g/mol. The van der Waals surface area contributed by atoms with Crippen molar-refractivity contribution in [2.75, 3.05) is 38.3 Å². The molecule has 0 fully saturated rings. The lowest BCUT2D eigenvalue weighted by atomic mass is 10.3. The van der Waals surface area contributed by atoms with Crippen molar-refractivity contribution >= 4 is 6.01 Å². The zero-order valence-corrected chi connectivity index (χ0v) is 11.2. The Morgan fingerprint density at radius 1 is 1.44 bits per heavy atom. The molecule has 0 unspecified atom stereocenters. The molecule has 1 aromatic heterocycles. The first-order valence-electron chi connectivity index (χ1n) is 6.08. The average Bonchev–Trinajstić information content (AvgIpc) is 2.79. The van der Waals surface area contributed by atoms with Gasteiger partial charge in [0.2, 0.25) is 5.89 Å². The van der Waals surface area contributed by atoms with Gasteiger partial charge in [-0.3, -0.25) is 0 Å². The van der Waals surface area contributed by atoms with Gasteiger partial charge in [-0.15, -0.1) is 5.10 Å². The molecule has 1 aromatic rings. The molecule has 0 bridgehead atoms. The van der Waals surface area contributed by atoms with E-state index in [-0.39, 0.29) is 12.6 Å². The Morgan fingerprint density at radius 3 is 2.83 bits per heavy atom. The van der Waals surface area contributed by atoms with Gasteiger partial charge in [-0.2, -0.15) is 0 Å². The van der Waals surface area contributed by atoms with Crippen molar-refractivity contribution in [3.63, 3.8) is 0 Å². The maximum Gasteiger partial charge on any atom is 0.318 e. The van der Waals surface area contributed by atoms with E-state index < -0.39 is 0 Å². The highest BCUT2D eigenvalue weighted by atomic mass is 16.5. The second-order valence-electron chi connectivity index (χ2n) is 4.16. The summed E-state index contributed by atoms with van der Waals surface area (Å²) >= 11 is 0. The van der Waals surface area contributed by atoms with Crippen molar-refractivity contribution in [1.82, 2.24) is 15.5 Å². The summed E-state index contributed by atoms with van der Waals surface area (Å²) in [5.74, 6) is 0.532. The summed E-state index contributed by atoms with van der Waals surface area (Å²) in [5.41, 5.74) is 0. The van der Waals surface area contributed by atoms with Crippen LogP contribution in [0.15, 0.2) is 4.42 Å². The van der Waals surface area contributed by atoms with Crippen LogP contribution in [0.4, 0.5) is 6.01 Å². The average molecular weight is 258 g/mol. The molecule has 0 saturated heterocycles. The molecule has 0 aromatic carbocycles. The predicted octanol–water partition coefficient (Wildman–Crippen LogP) is 0.0127. The predicted molar refractivity (Wildman–Crippen MR) is 67.4 cm³/mol. The maximum atomic E-state index is 9.00. The van der Waals surface area contributed by atoms with Crippen LogP contribution in [0.5, 0.6) is 0 Å². The SMILES string of the molecule is COCCNCc1nnc(N(CCO)C(C)C)o1. The fraction of sp³-hybridized carbons (Fsp3) is 0.818. The number of rotatable bonds is 9. The Balaban J connectivity index is 2.50. The molecule has 1 heterocycles. The van der Waals surface area contributed by atoms with Gasteiger partial charge in [-0.1, -0.05) is 5.10 Å². The molecule has 18 heavy (non-hydrogen) atoms. The number of aliphatic hydroxyl groups is 1. The molecule has 0 aliphatic rings. The lowest BCUT2D eigenvalue weighted by Crippen LogP contribution is -2.33. The summed E-state index contributed by atoms with van der Waals surface area (Å²) < 4.78 is 10.5. The van der Waals surface area contributed by atoms with Crippen molar-refractivity contribution in [1.29, 1.82) is 0 Å². The molecule has 0 aliphatic heterocycles. The van der Waals surface area contributed by atoms with E-state index in [9.17, 15) is 0 Å². The van der Waals surface area contributed by atoms with Crippen molar-refractivity contribution in [2.24, 2.45) is 0 Å². The lowest BCUT2D eigenvalue weighted by Gasteiger charge is -2.22. The standard InChI is InChI=1S/C11H22N4O3/c1-9(2)15(5-6-16)11-14-13-10(18-11)8-12-4-7-17-3/h9,12,16H,4-8H2,1-3H3. The fourth-order valence-corrected chi connectivity index (χ4v) is 1.48. The Kier molecular flexibility index (Phi) is 6.63. The number of aromatic nitrogens is 2. The Bertz CT molecular complexity index is 330. The van der Waals surface area contributed by atoms with E-state index in [1.165, 1.54) is 0 Å². The number of anilines is 1. The summed E-state index contributed by atoms with van der Waals surface area (Å²) in [6.07, 6.45) is 0. The largest absolute Gasteiger partial charge is 0.407 e. The Labute approximate surface area is 107 Å². The van der Waals surface area contributed by atoms with Gasteiger partial charge in [0, 0.05) is 26.2 Å². The van der Waals surface area contributed by atoms with E-state index in [0.717, 1.165) is 6.54 Å². The van der Waals surface area contributed by atoms with E-state index in [2.05, 4.69) is 15.5 Å². The first kappa shape index (κ1) is 14.9. The summed E-state index contributed by atoms with van der Waals surface area (Å²) in [4.78, 5) is 1.87. The number of aliphatic hydroxyl groups excluding tert-OH is 1. The number of nitrogens with one attached hydrogen (secondary N) is 1. The summed E-state index contributed by atoms with van der Waals surface area (Å²) in [6, 6.07) is 0.648. The van der Waals surface area contributed by atoms with Crippen LogP contribution in [0, 0.1) is 0 Å². The van der Waals surface area contributed by atoms with Gasteiger partial charge >= 0.3 is 6.01 Å². The van der Waals surface area contributed by atoms with Gasteiger partial charge in [0.25, 0.3) is 0 Å². The van der Waals surface area contributed by atoms with Crippen LogP contribution in [-0.4, -0.2) is 54.8 Å². The van der Waals surface area contributed by atoms with Crippen LogP contribution < -0.4 is 10.2 Å². The maximum absolute atomic E-state index is 9.00. The monoisotopic (exact) mass is 258 g/mol. The van der Waals surface area contributed by atoms with Crippen molar-refractivity contribution in [2.45, 2.75) is 26.4 Å². The van der Waals surface area contributed by atoms with Crippen LogP contribution in [0.1, 0.15) is 19.7 Å². The molecule has 104 valence electrons. The summed E-state index contributed by atoms with van der Waals surface area (Å²) in [7, 11) is 1.65. The quantitative estimate of drug-likeness (QED) is 0.604. The van der Waals surface area contributed by atoms with Crippen molar-refractivity contribution < 1.29 is 14.3 Å². The number of ether oxygens (including phenoxy) is 1. The molecule has 0 saturated carbocycles. The number of nitrogens with zero attached hydrogens (tertiary/aromatic N) is 3. The molecule has 0 amide bonds. The van der Waals surface area contributed by atoms with Crippen LogP contribution in [0.25, 0.3) is 0 Å². The Hall–Kier alpha value is -1.18. The number of hydrogen-bond acceptors (Lipinski definition) is 7. The van der Waals surface area contributed by atoms with E-state index in [4.69, 9.17) is 14.3 Å². The molecule has 0 aliphatic carbocycles. The second-order valence-corrected chi connectivity index (χ2v) is 4.16. The topological polar surface area (TPSA) is 83.7 Å². The third kappa shape index (κ3) is 4.59. The van der Waals surface area contributed by atoms with Crippen LogP contribution >= 0.6 is 0 Å². The van der Waals surface area contributed by atoms with Gasteiger partial charge in [0.05, 0.1) is 19.8 Å². The van der Waals surface area contributed by atoms with Gasteiger partial charge < -0.3 is 24.5 Å². The fourth-order valence-electron chi connectivity index (χ4n) is 1.48. The minimum atomic E-state index is 0.0575. The van der Waals surface area contributed by atoms with E-state index in [1.807, 2.05) is 18.7 Å². The smallest absolute Gasteiger partial charge is 0.318 e. The first-order valence-corrected chi connectivity index (χ1v) is 6.08. The normalized spacial score (nSPS) is 11.2. The highest BCUT2D eigenvalue weighted by Crippen LogP contribution is 2.14. The molecule has 0 atom stereocenters. The van der Waals surface area contributed by atoms with E-state index in [1.54, 1.807) is 7.11 Å². The zero-order valence-electron chi connectivity index (χ0n) is 11.2. The van der Waals surface area contributed by atoms with E-state index in [0.29, 0.717) is 31.6 Å². The second kappa shape index (κ2) is 8.02. The molecule has 1 rings (SSSR count). The highest BCUT2D eigenvalue weighted by molar-refractivity contribution is 5.25. The van der Waals surface area contributed by atoms with Crippen molar-refractivity contribution in [3.05, 3.63) is 5.89 Å². The van der Waals surface area contributed by atoms with Crippen LogP contribution in [0.3, 0.4) is 0 Å². The van der Waals surface area contributed by atoms with Gasteiger partial charge in [-0.05, 0) is 13.8 Å². The third-order valence-corrected chi connectivity index (χ3v) is 2.43. The summed E-state index contributed by atoms with van der Waals surface area (Å²) in [5, 5.41) is 20.1. The minimum Gasteiger partial charge on any atom is -0.407 e. The molecule has 0 radical (unpaired) electrons. The molecule has 7 nitrogen and oxygen atoms in total. The highest BCUT2D eigenvalue weighted by Gasteiger charge is 2.16. The Morgan fingerprint density at radius 2 is 2.22 bits per heavy atom. The van der Waals surface area contributed by atoms with Gasteiger partial charge in [0.15, 0.2) is 0 Å². The molecule has 0 spiro atoms. The van der Waals surface area contributed by atoms with E-state index >= 15 is 0 Å².